The summed E-state index contributed by atoms with van der Waals surface area (Å²) < 4.78 is 24.3. The lowest BCUT2D eigenvalue weighted by Crippen LogP contribution is -2.50. The molecule has 0 unspecified atom stereocenters. The van der Waals surface area contributed by atoms with Crippen LogP contribution in [0, 0.1) is 12.8 Å². The summed E-state index contributed by atoms with van der Waals surface area (Å²) in [5.74, 6) is 1.88. The number of rotatable bonds is 5. The Bertz CT molecular complexity index is 1440. The van der Waals surface area contributed by atoms with Crippen LogP contribution in [-0.2, 0) is 13.6 Å². The number of benzene rings is 1. The van der Waals surface area contributed by atoms with Gasteiger partial charge >= 0.3 is 0 Å². The maximum absolute atomic E-state index is 14.1. The molecule has 4 heterocycles. The Balaban J connectivity index is 1.45. The van der Waals surface area contributed by atoms with Crippen LogP contribution in [0.5, 0.6) is 5.75 Å². The molecule has 6 rings (SSSR count). The number of alkyl halides is 1. The summed E-state index contributed by atoms with van der Waals surface area (Å²) in [6.07, 6.45) is 1.72. The summed E-state index contributed by atoms with van der Waals surface area (Å²) in [5.41, 5.74) is 9.00. The van der Waals surface area contributed by atoms with Crippen LogP contribution in [-0.4, -0.2) is 57.3 Å². The van der Waals surface area contributed by atoms with Crippen molar-refractivity contribution in [2.24, 2.45) is 18.7 Å². The molecule has 0 bridgehead atoms. The maximum atomic E-state index is 14.1. The Hall–Kier alpha value is -2.91. The predicted octanol–water partition coefficient (Wildman–Crippen LogP) is 4.49. The molecule has 2 atom stereocenters. The first-order valence-corrected chi connectivity index (χ1v) is 13.0. The maximum Gasteiger partial charge on any atom is 0.254 e. The molecule has 3 aromatic heterocycles. The van der Waals surface area contributed by atoms with Gasteiger partial charge in [-0.05, 0) is 56.4 Å². The second-order valence-electron chi connectivity index (χ2n) is 10.0. The van der Waals surface area contributed by atoms with Gasteiger partial charge in [0.2, 0.25) is 0 Å². The van der Waals surface area contributed by atoms with E-state index in [9.17, 15) is 9.18 Å². The average Bonchev–Trinajstić information content (AvgIpc) is 3.37. The highest BCUT2D eigenvalue weighted by Crippen LogP contribution is 2.40. The zero-order valence-corrected chi connectivity index (χ0v) is 21.1. The van der Waals surface area contributed by atoms with Gasteiger partial charge in [-0.15, -0.1) is 11.3 Å². The number of hydrogen-bond acceptors (Lipinski definition) is 5. The van der Waals surface area contributed by atoms with E-state index in [1.54, 1.807) is 19.2 Å². The van der Waals surface area contributed by atoms with Gasteiger partial charge in [-0.3, -0.25) is 4.79 Å². The Morgan fingerprint density at radius 3 is 2.77 bits per heavy atom. The highest BCUT2D eigenvalue weighted by atomic mass is 32.1. The van der Waals surface area contributed by atoms with Crippen molar-refractivity contribution in [1.29, 1.82) is 0 Å². The van der Waals surface area contributed by atoms with Crippen LogP contribution < -0.4 is 10.5 Å². The highest BCUT2D eigenvalue weighted by molar-refractivity contribution is 7.18. The first kappa shape index (κ1) is 22.5. The van der Waals surface area contributed by atoms with Gasteiger partial charge < -0.3 is 24.5 Å². The lowest BCUT2D eigenvalue weighted by molar-refractivity contribution is 0.0606. The van der Waals surface area contributed by atoms with E-state index in [1.165, 1.54) is 32.8 Å². The number of aromatic nitrogens is 3. The van der Waals surface area contributed by atoms with Crippen molar-refractivity contribution in [1.82, 2.24) is 19.0 Å². The Morgan fingerprint density at radius 1 is 1.26 bits per heavy atom. The molecule has 1 aliphatic heterocycles. The molecule has 7 nitrogen and oxygen atoms in total. The van der Waals surface area contributed by atoms with E-state index in [4.69, 9.17) is 15.5 Å². The molecule has 9 heteroatoms. The fourth-order valence-corrected chi connectivity index (χ4v) is 6.35. The van der Waals surface area contributed by atoms with Crippen LogP contribution in [0.4, 0.5) is 4.39 Å². The van der Waals surface area contributed by atoms with Crippen molar-refractivity contribution < 1.29 is 13.9 Å². The number of fused-ring (bicyclic) bond motifs is 2. The fraction of sp³-hybridized carbons (Fsp3) is 0.462. The molecule has 2 aliphatic rings. The molecule has 0 radical (unpaired) electrons. The predicted molar refractivity (Wildman–Crippen MR) is 137 cm³/mol. The number of nitrogens with two attached hydrogens (primary N) is 1. The number of likely N-dealkylation sites (tertiary alicyclic amines) is 1. The number of nitrogens with zero attached hydrogens (tertiary/aromatic N) is 4. The quantitative estimate of drug-likeness (QED) is 0.442. The van der Waals surface area contributed by atoms with Gasteiger partial charge in [-0.1, -0.05) is 0 Å². The number of piperidine rings is 1. The van der Waals surface area contributed by atoms with Gasteiger partial charge in [0.1, 0.15) is 22.3 Å². The smallest absolute Gasteiger partial charge is 0.254 e. The van der Waals surface area contributed by atoms with Crippen molar-refractivity contribution >= 4 is 38.5 Å². The fourth-order valence-electron chi connectivity index (χ4n) is 5.34. The van der Waals surface area contributed by atoms with Gasteiger partial charge in [0.25, 0.3) is 5.91 Å². The Kier molecular flexibility index (Phi) is 5.37. The van der Waals surface area contributed by atoms with E-state index in [0.717, 1.165) is 29.5 Å². The summed E-state index contributed by atoms with van der Waals surface area (Å²) in [7, 11) is 3.58. The van der Waals surface area contributed by atoms with Gasteiger partial charge in [-0.2, -0.15) is 0 Å². The third kappa shape index (κ3) is 3.90. The molecule has 1 saturated heterocycles. The monoisotopic (exact) mass is 495 g/mol. The van der Waals surface area contributed by atoms with E-state index in [2.05, 4.69) is 23.6 Å². The van der Waals surface area contributed by atoms with E-state index >= 15 is 0 Å². The summed E-state index contributed by atoms with van der Waals surface area (Å²) in [5, 5.41) is 1.24. The molecular formula is C26H30FN5O2S. The molecule has 1 aliphatic carbocycles. The van der Waals surface area contributed by atoms with E-state index in [0.29, 0.717) is 23.4 Å². The van der Waals surface area contributed by atoms with Crippen molar-refractivity contribution in [2.75, 3.05) is 20.2 Å². The largest absolute Gasteiger partial charge is 0.494 e. The number of thiophene rings is 1. The van der Waals surface area contributed by atoms with Crippen molar-refractivity contribution in [3.63, 3.8) is 0 Å². The van der Waals surface area contributed by atoms with Crippen LogP contribution in [0.3, 0.4) is 0 Å². The number of aryl methyl sites for hydroxylation is 2. The second kappa shape index (κ2) is 8.34. The van der Waals surface area contributed by atoms with Gasteiger partial charge in [0.05, 0.1) is 24.9 Å². The third-order valence-corrected chi connectivity index (χ3v) is 8.27. The van der Waals surface area contributed by atoms with E-state index in [-0.39, 0.29) is 24.9 Å². The molecule has 1 aromatic carbocycles. The minimum atomic E-state index is -1.11. The molecule has 4 aromatic rings. The van der Waals surface area contributed by atoms with Crippen LogP contribution in [0.15, 0.2) is 24.3 Å². The number of imidazole rings is 1. The normalized spacial score (nSPS) is 20.8. The van der Waals surface area contributed by atoms with Crippen LogP contribution in [0.25, 0.3) is 32.8 Å². The van der Waals surface area contributed by atoms with Crippen LogP contribution in [0.2, 0.25) is 0 Å². The van der Waals surface area contributed by atoms with Crippen molar-refractivity contribution in [3.05, 3.63) is 34.7 Å². The third-order valence-electron chi connectivity index (χ3n) is 7.18. The van der Waals surface area contributed by atoms with Crippen LogP contribution >= 0.6 is 11.3 Å². The summed E-state index contributed by atoms with van der Waals surface area (Å²) in [4.78, 5) is 22.3. The molecular weight excluding hydrogens is 465 g/mol. The standard InChI is InChI=1S/C26H30FN5O2S/c1-14-6-17-8-21(32(26(17)35-14)11-15-4-5-15)24-29-20-7-16(9-22(34-3)23(20)30(24)2)25(33)31-12-18(27)10-19(28)13-31/h6-9,15,18-19H,4-5,10-13,28H2,1-3H3/t18-,19-/m1/s1. The minimum absolute atomic E-state index is 0.0607. The van der Waals surface area contributed by atoms with Gasteiger partial charge in [0.15, 0.2) is 5.82 Å². The molecule has 2 fully saturated rings. The van der Waals surface area contributed by atoms with Crippen molar-refractivity contribution in [3.8, 4) is 17.3 Å². The minimum Gasteiger partial charge on any atom is -0.494 e. The highest BCUT2D eigenvalue weighted by Gasteiger charge is 2.30. The molecule has 1 amide bonds. The number of hydrogen-bond donors (Lipinski definition) is 1. The lowest BCUT2D eigenvalue weighted by atomic mass is 10.0. The topological polar surface area (TPSA) is 78.3 Å². The number of ether oxygens (including phenoxy) is 1. The SMILES string of the molecule is COc1cc(C(=O)N2C[C@H](N)C[C@@H](F)C2)cc2nc(-c3cc4cc(C)sc4n3CC3CC3)n(C)c12. The molecule has 2 N–H and O–H groups in total. The molecule has 184 valence electrons. The molecule has 35 heavy (non-hydrogen) atoms. The average molecular weight is 496 g/mol. The second-order valence-corrected chi connectivity index (χ2v) is 11.3. The summed E-state index contributed by atoms with van der Waals surface area (Å²) in [6, 6.07) is 7.62. The first-order valence-electron chi connectivity index (χ1n) is 12.2. The first-order chi connectivity index (χ1) is 16.8. The summed E-state index contributed by atoms with van der Waals surface area (Å²) >= 11 is 1.82. The molecule has 1 saturated carbocycles. The lowest BCUT2D eigenvalue weighted by Gasteiger charge is -2.33. The van der Waals surface area contributed by atoms with E-state index in [1.807, 2.05) is 23.0 Å². The van der Waals surface area contributed by atoms with Gasteiger partial charge in [0, 0.05) is 42.0 Å². The van der Waals surface area contributed by atoms with Crippen molar-refractivity contribution in [2.45, 2.75) is 44.9 Å². The number of amides is 1. The van der Waals surface area contributed by atoms with E-state index < -0.39 is 6.17 Å². The Morgan fingerprint density at radius 2 is 2.06 bits per heavy atom. The van der Waals surface area contributed by atoms with Crippen LogP contribution in [0.1, 0.15) is 34.5 Å². The Labute approximate surface area is 207 Å². The summed E-state index contributed by atoms with van der Waals surface area (Å²) in [6.45, 7) is 3.54. The van der Waals surface area contributed by atoms with Gasteiger partial charge in [-0.25, -0.2) is 9.37 Å². The number of carbonyl (C=O) groups is 1. The number of halogens is 1. The zero-order valence-electron chi connectivity index (χ0n) is 20.3. The molecule has 0 spiro atoms. The number of methoxy groups -OCH3 is 1. The zero-order chi connectivity index (χ0) is 24.4. The number of carbonyl (C=O) groups excluding carboxylic acids is 1.